The minimum atomic E-state index is -1.16. The van der Waals surface area contributed by atoms with Crippen molar-refractivity contribution in [2.75, 3.05) is 19.8 Å². The maximum Gasteiger partial charge on any atom is 0.188 e. The third-order valence-corrected chi connectivity index (χ3v) is 4.68. The van der Waals surface area contributed by atoms with Crippen molar-refractivity contribution in [2.45, 2.75) is 39.1 Å². The molecule has 0 N–H and O–H groups in total. The number of aryl methyl sites for hydroxylation is 1. The molecular weight excluding hydrogens is 385 g/mol. The number of carbonyl (C=O) groups is 1. The predicted molar refractivity (Wildman–Crippen MR) is 100 cm³/mol. The zero-order valence-electron chi connectivity index (χ0n) is 16.6. The molecule has 1 aliphatic rings. The van der Waals surface area contributed by atoms with E-state index in [1.165, 1.54) is 18.2 Å². The first-order valence-electron chi connectivity index (χ1n) is 9.31. The number of hydrogen-bond acceptors (Lipinski definition) is 4. The number of halogens is 3. The molecule has 156 valence electrons. The van der Waals surface area contributed by atoms with Crippen molar-refractivity contribution in [3.63, 3.8) is 0 Å². The van der Waals surface area contributed by atoms with Crippen LogP contribution in [-0.4, -0.2) is 37.5 Å². The molecule has 1 atom stereocenters. The Balaban J connectivity index is 1.73. The average molecular weight is 408 g/mol. The second-order valence-corrected chi connectivity index (χ2v) is 7.55. The highest BCUT2D eigenvalue weighted by Crippen LogP contribution is 2.24. The molecule has 0 amide bonds. The molecule has 0 radical (unpaired) electrons. The molecule has 0 aliphatic carbocycles. The first-order valence-corrected chi connectivity index (χ1v) is 9.31. The van der Waals surface area contributed by atoms with E-state index in [1.54, 1.807) is 26.8 Å². The van der Waals surface area contributed by atoms with Crippen LogP contribution in [0.5, 0.6) is 0 Å². The van der Waals surface area contributed by atoms with Crippen molar-refractivity contribution in [2.24, 2.45) is 0 Å². The van der Waals surface area contributed by atoms with Crippen molar-refractivity contribution in [3.8, 4) is 0 Å². The summed E-state index contributed by atoms with van der Waals surface area (Å²) < 4.78 is 58.8. The first kappa shape index (κ1) is 21.5. The predicted octanol–water partition coefficient (Wildman–Crippen LogP) is 4.35. The van der Waals surface area contributed by atoms with E-state index in [0.717, 1.165) is 6.07 Å². The largest absolute Gasteiger partial charge is 0.371 e. The first-order chi connectivity index (χ1) is 13.7. The average Bonchev–Trinajstić information content (AvgIpc) is 2.99. The summed E-state index contributed by atoms with van der Waals surface area (Å²) in [7, 11) is 0. The van der Waals surface area contributed by atoms with Gasteiger partial charge >= 0.3 is 0 Å². The minimum Gasteiger partial charge on any atom is -0.371 e. The Morgan fingerprint density at radius 1 is 1.17 bits per heavy atom. The van der Waals surface area contributed by atoms with Gasteiger partial charge in [0.25, 0.3) is 0 Å². The quantitative estimate of drug-likeness (QED) is 0.639. The normalized spacial score (nSPS) is 18.2. The lowest BCUT2D eigenvalue weighted by Gasteiger charge is -2.17. The lowest BCUT2D eigenvalue weighted by atomic mass is 9.95. The molecular formula is C22H23F3O4. The maximum absolute atomic E-state index is 14.4. The minimum absolute atomic E-state index is 0.0344. The maximum atomic E-state index is 14.4. The van der Waals surface area contributed by atoms with E-state index in [-0.39, 0.29) is 42.4 Å². The second kappa shape index (κ2) is 8.65. The number of rotatable bonds is 7. The summed E-state index contributed by atoms with van der Waals surface area (Å²) in [4.78, 5) is 12.6. The summed E-state index contributed by atoms with van der Waals surface area (Å²) in [5, 5.41) is 0. The van der Waals surface area contributed by atoms with E-state index in [2.05, 4.69) is 0 Å². The molecule has 1 heterocycles. The molecule has 0 spiro atoms. The molecule has 0 saturated carbocycles. The van der Waals surface area contributed by atoms with Gasteiger partial charge < -0.3 is 14.2 Å². The smallest absolute Gasteiger partial charge is 0.188 e. The Hall–Kier alpha value is -2.22. The number of ketones is 1. The number of Topliss-reactive ketones (excluding diaryl/α,β-unsaturated/α-hetero) is 1. The highest BCUT2D eigenvalue weighted by Gasteiger charge is 2.32. The van der Waals surface area contributed by atoms with Crippen molar-refractivity contribution in [1.29, 1.82) is 0 Å². The summed E-state index contributed by atoms with van der Waals surface area (Å²) in [6.45, 7) is 5.40. The Bertz CT molecular complexity index is 911. The molecule has 0 aromatic heterocycles. The molecule has 2 aromatic rings. The molecule has 1 fully saturated rings. The van der Waals surface area contributed by atoms with E-state index in [4.69, 9.17) is 14.2 Å². The van der Waals surface area contributed by atoms with Crippen molar-refractivity contribution < 1.29 is 32.2 Å². The van der Waals surface area contributed by atoms with Gasteiger partial charge in [-0.05, 0) is 50.1 Å². The summed E-state index contributed by atoms with van der Waals surface area (Å²) >= 11 is 0. The highest BCUT2D eigenvalue weighted by molar-refractivity contribution is 5.98. The number of hydrogen-bond donors (Lipinski definition) is 0. The Kier molecular flexibility index (Phi) is 6.41. The molecule has 1 aliphatic heterocycles. The Morgan fingerprint density at radius 2 is 1.93 bits per heavy atom. The van der Waals surface area contributed by atoms with Crippen molar-refractivity contribution in [3.05, 3.63) is 70.0 Å². The fraction of sp³-hybridized carbons (Fsp3) is 0.409. The fourth-order valence-corrected chi connectivity index (χ4v) is 3.22. The van der Waals surface area contributed by atoms with Gasteiger partial charge in [-0.15, -0.1) is 0 Å². The van der Waals surface area contributed by atoms with Gasteiger partial charge in [0.05, 0.1) is 13.2 Å². The van der Waals surface area contributed by atoms with Gasteiger partial charge in [0.1, 0.15) is 18.5 Å². The Morgan fingerprint density at radius 3 is 2.59 bits per heavy atom. The zero-order valence-corrected chi connectivity index (χ0v) is 16.6. The van der Waals surface area contributed by atoms with Crippen LogP contribution in [0.4, 0.5) is 13.2 Å². The van der Waals surface area contributed by atoms with Crippen LogP contribution < -0.4 is 0 Å². The van der Waals surface area contributed by atoms with Gasteiger partial charge in [-0.2, -0.15) is 0 Å². The van der Waals surface area contributed by atoms with E-state index >= 15 is 0 Å². The van der Waals surface area contributed by atoms with E-state index in [0.29, 0.717) is 12.2 Å². The molecule has 0 bridgehead atoms. The molecule has 1 saturated heterocycles. The van der Waals surface area contributed by atoms with Crippen molar-refractivity contribution in [1.82, 2.24) is 0 Å². The third-order valence-electron chi connectivity index (χ3n) is 4.68. The van der Waals surface area contributed by atoms with Crippen molar-refractivity contribution >= 4 is 5.78 Å². The monoisotopic (exact) mass is 408 g/mol. The molecule has 4 nitrogen and oxygen atoms in total. The van der Waals surface area contributed by atoms with Crippen LogP contribution >= 0.6 is 0 Å². The van der Waals surface area contributed by atoms with Gasteiger partial charge in [0.15, 0.2) is 23.2 Å². The van der Waals surface area contributed by atoms with Gasteiger partial charge in [0.2, 0.25) is 0 Å². The van der Waals surface area contributed by atoms with E-state index < -0.39 is 29.0 Å². The van der Waals surface area contributed by atoms with Gasteiger partial charge in [-0.3, -0.25) is 4.79 Å². The lowest BCUT2D eigenvalue weighted by Crippen LogP contribution is -2.25. The van der Waals surface area contributed by atoms with Crippen LogP contribution in [-0.2, 0) is 20.6 Å². The Labute approximate surface area is 167 Å². The fourth-order valence-electron chi connectivity index (χ4n) is 3.22. The topological polar surface area (TPSA) is 44.8 Å². The van der Waals surface area contributed by atoms with Gasteiger partial charge in [-0.1, -0.05) is 12.1 Å². The van der Waals surface area contributed by atoms with E-state index in [9.17, 15) is 18.0 Å². The third kappa shape index (κ3) is 5.23. The van der Waals surface area contributed by atoms with Crippen LogP contribution in [0.2, 0.25) is 0 Å². The molecule has 0 unspecified atom stereocenters. The molecule has 3 rings (SSSR count). The van der Waals surface area contributed by atoms with Crippen LogP contribution in [0.3, 0.4) is 0 Å². The SMILES string of the molecule is Cc1ccc(Cc2c(C(=O)COC[C@H]3COC(C)(C)O3)ccc(F)c2F)c(F)c1. The van der Waals surface area contributed by atoms with Crippen LogP contribution in [0.15, 0.2) is 30.3 Å². The number of benzene rings is 2. The standard InChI is InChI=1S/C22H23F3O4/c1-13-4-5-14(19(24)8-13)9-17-16(6-7-18(23)21(17)25)20(26)12-27-10-15-11-28-22(2,3)29-15/h4-8,15H,9-12H2,1-3H3/t15-/m0/s1. The van der Waals surface area contributed by atoms with Gasteiger partial charge in [-0.25, -0.2) is 13.2 Å². The van der Waals surface area contributed by atoms with Gasteiger partial charge in [0, 0.05) is 17.5 Å². The number of carbonyl (C=O) groups excluding carboxylic acids is 1. The summed E-state index contributed by atoms with van der Waals surface area (Å²) in [5.74, 6) is -4.02. The summed E-state index contributed by atoms with van der Waals surface area (Å²) in [6.07, 6.45) is -0.561. The van der Waals surface area contributed by atoms with E-state index in [1.807, 2.05) is 0 Å². The van der Waals surface area contributed by atoms with Crippen LogP contribution in [0.1, 0.15) is 40.9 Å². The summed E-state index contributed by atoms with van der Waals surface area (Å²) in [6, 6.07) is 6.56. The molecule has 7 heteroatoms. The van der Waals surface area contributed by atoms with Crippen LogP contribution in [0, 0.1) is 24.4 Å². The van der Waals surface area contributed by atoms with Crippen LogP contribution in [0.25, 0.3) is 0 Å². The molecule has 29 heavy (non-hydrogen) atoms. The lowest BCUT2D eigenvalue weighted by molar-refractivity contribution is -0.144. The molecule has 2 aromatic carbocycles. The number of ether oxygens (including phenoxy) is 3. The zero-order chi connectivity index (χ0) is 21.2. The second-order valence-electron chi connectivity index (χ2n) is 7.55. The highest BCUT2D eigenvalue weighted by atomic mass is 19.2. The summed E-state index contributed by atoms with van der Waals surface area (Å²) in [5.41, 5.74) is 0.654.